The molecule has 3 aromatic rings. The van der Waals surface area contributed by atoms with E-state index in [9.17, 15) is 9.59 Å². The molecule has 0 aliphatic heterocycles. The van der Waals surface area contributed by atoms with E-state index in [1.165, 1.54) is 4.88 Å². The van der Waals surface area contributed by atoms with Crippen molar-refractivity contribution < 1.29 is 26.6 Å². The molecule has 2 heterocycles. The topological polar surface area (TPSA) is 50.0 Å². The predicted molar refractivity (Wildman–Crippen MR) is 101 cm³/mol. The molecular formula is C21H19ClN2O2S. The highest BCUT2D eigenvalue weighted by Crippen LogP contribution is 2.40. The number of aromatic nitrogens is 1. The monoisotopic (exact) mass is 398 g/mol. The minimum absolute atomic E-state index is 0. The van der Waals surface area contributed by atoms with Crippen molar-refractivity contribution >= 4 is 28.0 Å². The Morgan fingerprint density at radius 1 is 1.00 bits per heavy atom. The number of nitrogens with zero attached hydrogens (tertiary/aromatic N) is 1. The first-order chi connectivity index (χ1) is 12.7. The number of nitrogens with one attached hydrogen (secondary N) is 1. The molecule has 1 N–H and O–H groups in total. The Labute approximate surface area is 168 Å². The molecule has 0 unspecified atom stereocenters. The van der Waals surface area contributed by atoms with Crippen molar-refractivity contribution in [3.05, 3.63) is 82.5 Å². The van der Waals surface area contributed by atoms with Crippen LogP contribution < -0.4 is 22.3 Å². The Hall–Kier alpha value is -2.50. The third-order valence-corrected chi connectivity index (χ3v) is 5.75. The summed E-state index contributed by atoms with van der Waals surface area (Å²) in [5.41, 5.74) is 2.46. The standard InChI is InChI=1S/C21H18N2O2S.ClH/c24-18(14-23-12-5-2-6-13-23)22-21-19(16-10-7-11-17(16)26-21)20(25)15-8-3-1-4-9-15;/h1-6,8-9,12-13H,7,10-11,14H2;1H. The van der Waals surface area contributed by atoms with E-state index in [4.69, 9.17) is 0 Å². The Balaban J connectivity index is 0.00000210. The van der Waals surface area contributed by atoms with E-state index < -0.39 is 0 Å². The lowest BCUT2D eigenvalue weighted by Crippen LogP contribution is -3.00. The summed E-state index contributed by atoms with van der Waals surface area (Å²) in [5, 5.41) is 3.66. The van der Waals surface area contributed by atoms with E-state index in [2.05, 4.69) is 5.32 Å². The number of carbonyl (C=O) groups excluding carboxylic acids is 2. The number of amides is 1. The lowest BCUT2D eigenvalue weighted by atomic mass is 10.0. The zero-order chi connectivity index (χ0) is 17.9. The van der Waals surface area contributed by atoms with Gasteiger partial charge in [0.2, 0.25) is 6.54 Å². The molecule has 4 rings (SSSR count). The van der Waals surface area contributed by atoms with Crippen LogP contribution in [0.4, 0.5) is 5.00 Å². The zero-order valence-electron chi connectivity index (χ0n) is 14.7. The largest absolute Gasteiger partial charge is 1.00 e. The summed E-state index contributed by atoms with van der Waals surface area (Å²) in [5.74, 6) is -0.129. The van der Waals surface area contributed by atoms with Crippen molar-refractivity contribution in [2.24, 2.45) is 0 Å². The molecule has 0 saturated carbocycles. The summed E-state index contributed by atoms with van der Waals surface area (Å²) >= 11 is 1.55. The molecule has 0 atom stereocenters. The molecule has 4 nitrogen and oxygen atoms in total. The third kappa shape index (κ3) is 4.10. The van der Waals surface area contributed by atoms with E-state index in [1.54, 1.807) is 11.3 Å². The highest BCUT2D eigenvalue weighted by Gasteiger charge is 2.28. The molecule has 0 bridgehead atoms. The lowest BCUT2D eigenvalue weighted by molar-refractivity contribution is -0.684. The second kappa shape index (κ2) is 8.46. The number of rotatable bonds is 5. The minimum atomic E-state index is -0.122. The van der Waals surface area contributed by atoms with Crippen LogP contribution in [0.2, 0.25) is 0 Å². The van der Waals surface area contributed by atoms with Gasteiger partial charge in [-0.2, -0.15) is 4.57 Å². The van der Waals surface area contributed by atoms with Crippen LogP contribution in [0.5, 0.6) is 0 Å². The molecule has 2 aromatic heterocycles. The molecule has 6 heteroatoms. The zero-order valence-corrected chi connectivity index (χ0v) is 16.2. The van der Waals surface area contributed by atoms with Gasteiger partial charge in [0.1, 0.15) is 5.00 Å². The number of hydrogen-bond acceptors (Lipinski definition) is 3. The molecular weight excluding hydrogens is 380 g/mol. The van der Waals surface area contributed by atoms with E-state index in [0.29, 0.717) is 16.1 Å². The lowest BCUT2D eigenvalue weighted by Gasteiger charge is -2.07. The second-order valence-corrected chi connectivity index (χ2v) is 7.46. The maximum atomic E-state index is 13.1. The van der Waals surface area contributed by atoms with Crippen LogP contribution in [0.25, 0.3) is 0 Å². The molecule has 1 amide bonds. The van der Waals surface area contributed by atoms with Crippen molar-refractivity contribution in [1.29, 1.82) is 0 Å². The highest BCUT2D eigenvalue weighted by atomic mass is 35.5. The molecule has 0 fully saturated rings. The number of ketones is 1. The number of halogens is 1. The van der Waals surface area contributed by atoms with Crippen molar-refractivity contribution in [1.82, 2.24) is 0 Å². The van der Waals surface area contributed by atoms with Gasteiger partial charge < -0.3 is 17.7 Å². The quantitative estimate of drug-likeness (QED) is 0.499. The van der Waals surface area contributed by atoms with Crippen LogP contribution in [-0.2, 0) is 24.2 Å². The number of carbonyl (C=O) groups is 2. The Bertz CT molecular complexity index is 955. The highest BCUT2D eigenvalue weighted by molar-refractivity contribution is 7.17. The Kier molecular flexibility index (Phi) is 6.04. The fraction of sp³-hybridized carbons (Fsp3) is 0.190. The van der Waals surface area contributed by atoms with Crippen LogP contribution >= 0.6 is 11.3 Å². The second-order valence-electron chi connectivity index (χ2n) is 6.35. The first-order valence-electron chi connectivity index (χ1n) is 8.70. The first kappa shape index (κ1) is 19.3. The van der Waals surface area contributed by atoms with Gasteiger partial charge in [0.05, 0.1) is 5.56 Å². The maximum absolute atomic E-state index is 13.1. The van der Waals surface area contributed by atoms with Gasteiger partial charge in [-0.15, -0.1) is 11.3 Å². The molecule has 138 valence electrons. The molecule has 27 heavy (non-hydrogen) atoms. The number of pyridine rings is 1. The Morgan fingerprint density at radius 2 is 1.70 bits per heavy atom. The average molecular weight is 399 g/mol. The van der Waals surface area contributed by atoms with Crippen molar-refractivity contribution in [2.45, 2.75) is 25.8 Å². The SMILES string of the molecule is O=C(C[n+]1ccccc1)Nc1sc2c(c1C(=O)c1ccccc1)CCC2.[Cl-]. The summed E-state index contributed by atoms with van der Waals surface area (Å²) in [6.45, 7) is 0.225. The van der Waals surface area contributed by atoms with Crippen molar-refractivity contribution in [3.63, 3.8) is 0 Å². The number of hydrogen-bond donors (Lipinski definition) is 1. The number of anilines is 1. The van der Waals surface area contributed by atoms with Crippen molar-refractivity contribution in [2.75, 3.05) is 5.32 Å². The van der Waals surface area contributed by atoms with Gasteiger partial charge in [0.15, 0.2) is 18.2 Å². The van der Waals surface area contributed by atoms with Gasteiger partial charge in [-0.05, 0) is 24.8 Å². The maximum Gasteiger partial charge on any atom is 0.290 e. The van der Waals surface area contributed by atoms with E-state index in [0.717, 1.165) is 24.8 Å². The normalized spacial score (nSPS) is 12.1. The predicted octanol–water partition coefficient (Wildman–Crippen LogP) is 0.398. The van der Waals surface area contributed by atoms with Crippen LogP contribution in [0.1, 0.15) is 32.8 Å². The summed E-state index contributed by atoms with van der Waals surface area (Å²) in [7, 11) is 0. The number of benzene rings is 1. The number of fused-ring (bicyclic) bond motifs is 1. The Morgan fingerprint density at radius 3 is 2.44 bits per heavy atom. The molecule has 0 radical (unpaired) electrons. The van der Waals surface area contributed by atoms with Crippen LogP contribution in [-0.4, -0.2) is 11.7 Å². The summed E-state index contributed by atoms with van der Waals surface area (Å²) < 4.78 is 1.81. The first-order valence-corrected chi connectivity index (χ1v) is 9.52. The van der Waals surface area contributed by atoms with E-state index >= 15 is 0 Å². The van der Waals surface area contributed by atoms with Gasteiger partial charge in [0, 0.05) is 22.6 Å². The fourth-order valence-corrected chi connectivity index (χ4v) is 4.64. The van der Waals surface area contributed by atoms with Crippen LogP contribution in [0.3, 0.4) is 0 Å². The number of aryl methyl sites for hydroxylation is 1. The molecule has 1 aliphatic rings. The molecule has 0 saturated heterocycles. The molecule has 1 aromatic carbocycles. The van der Waals surface area contributed by atoms with Crippen LogP contribution in [0, 0.1) is 0 Å². The number of thiophene rings is 1. The summed E-state index contributed by atoms with van der Waals surface area (Å²) in [6, 6.07) is 15.0. The minimum Gasteiger partial charge on any atom is -1.00 e. The smallest absolute Gasteiger partial charge is 0.290 e. The average Bonchev–Trinajstić information content (AvgIpc) is 3.23. The van der Waals surface area contributed by atoms with E-state index in [1.807, 2.05) is 65.5 Å². The van der Waals surface area contributed by atoms with Crippen LogP contribution in [0.15, 0.2) is 60.9 Å². The summed E-state index contributed by atoms with van der Waals surface area (Å²) in [4.78, 5) is 26.8. The van der Waals surface area contributed by atoms with Gasteiger partial charge >= 0.3 is 0 Å². The third-order valence-electron chi connectivity index (χ3n) is 4.54. The molecule has 0 spiro atoms. The van der Waals surface area contributed by atoms with Gasteiger partial charge in [-0.3, -0.25) is 9.59 Å². The fourth-order valence-electron chi connectivity index (χ4n) is 3.34. The van der Waals surface area contributed by atoms with Crippen molar-refractivity contribution in [3.8, 4) is 0 Å². The molecule has 1 aliphatic carbocycles. The summed E-state index contributed by atoms with van der Waals surface area (Å²) in [6.07, 6.45) is 6.67. The van der Waals surface area contributed by atoms with Gasteiger partial charge in [0.25, 0.3) is 5.91 Å². The van der Waals surface area contributed by atoms with Gasteiger partial charge in [-0.25, -0.2) is 0 Å². The van der Waals surface area contributed by atoms with E-state index in [-0.39, 0.29) is 30.6 Å². The van der Waals surface area contributed by atoms with Gasteiger partial charge in [-0.1, -0.05) is 36.4 Å².